The summed E-state index contributed by atoms with van der Waals surface area (Å²) in [6, 6.07) is 0. The van der Waals surface area contributed by atoms with Crippen LogP contribution in [-0.4, -0.2) is 24.8 Å². The molecule has 4 fully saturated rings. The molecule has 0 aromatic heterocycles. The SMILES string of the molecule is COC1(O[C@H]2CC[C@@H]3[C@@H]4CC[C@H]5CC(=O)C=C[C@]5(C)[C@H]4CC[C@@]23C)CCCCC1. The number of hydrogen-bond acceptors (Lipinski definition) is 3. The van der Waals surface area contributed by atoms with Gasteiger partial charge in [-0.3, -0.25) is 4.79 Å². The molecule has 4 saturated carbocycles. The highest BCUT2D eigenvalue weighted by atomic mass is 16.7. The Morgan fingerprint density at radius 2 is 1.72 bits per heavy atom. The Morgan fingerprint density at radius 3 is 2.48 bits per heavy atom. The van der Waals surface area contributed by atoms with E-state index in [1.807, 2.05) is 13.2 Å². The molecule has 0 amide bonds. The first-order valence-electron chi connectivity index (χ1n) is 12.4. The quantitative estimate of drug-likeness (QED) is 0.540. The van der Waals surface area contributed by atoms with E-state index >= 15 is 0 Å². The largest absolute Gasteiger partial charge is 0.353 e. The predicted octanol–water partition coefficient (Wildman–Crippen LogP) is 6.07. The van der Waals surface area contributed by atoms with Crippen LogP contribution >= 0.6 is 0 Å². The molecular formula is C26H40O3. The van der Waals surface area contributed by atoms with Crippen molar-refractivity contribution in [2.75, 3.05) is 7.11 Å². The Hall–Kier alpha value is -0.670. The number of fused-ring (bicyclic) bond motifs is 5. The lowest BCUT2D eigenvalue weighted by atomic mass is 9.46. The van der Waals surface area contributed by atoms with Gasteiger partial charge in [0, 0.05) is 26.4 Å². The van der Waals surface area contributed by atoms with Crippen LogP contribution in [0.4, 0.5) is 0 Å². The number of carbonyl (C=O) groups is 1. The van der Waals surface area contributed by atoms with Crippen molar-refractivity contribution in [1.82, 2.24) is 0 Å². The summed E-state index contributed by atoms with van der Waals surface area (Å²) >= 11 is 0. The first-order valence-corrected chi connectivity index (χ1v) is 12.4. The summed E-state index contributed by atoms with van der Waals surface area (Å²) in [7, 11) is 1.86. The van der Waals surface area contributed by atoms with E-state index in [2.05, 4.69) is 19.9 Å². The third-order valence-electron chi connectivity index (χ3n) is 10.3. The third-order valence-corrected chi connectivity index (χ3v) is 10.3. The number of methoxy groups -OCH3 is 1. The average molecular weight is 401 g/mol. The second-order valence-corrected chi connectivity index (χ2v) is 11.4. The molecule has 5 rings (SSSR count). The lowest BCUT2D eigenvalue weighted by Crippen LogP contribution is -2.54. The van der Waals surface area contributed by atoms with Crippen LogP contribution in [0.5, 0.6) is 0 Å². The Balaban J connectivity index is 1.37. The first kappa shape index (κ1) is 20.2. The van der Waals surface area contributed by atoms with E-state index in [0.717, 1.165) is 37.0 Å². The van der Waals surface area contributed by atoms with E-state index in [9.17, 15) is 4.79 Å². The van der Waals surface area contributed by atoms with Crippen molar-refractivity contribution in [2.45, 2.75) is 103 Å². The fraction of sp³-hybridized carbons (Fsp3) is 0.885. The molecule has 0 bridgehead atoms. The van der Waals surface area contributed by atoms with E-state index < -0.39 is 0 Å². The van der Waals surface area contributed by atoms with Crippen molar-refractivity contribution in [2.24, 2.45) is 34.5 Å². The van der Waals surface area contributed by atoms with Crippen LogP contribution in [-0.2, 0) is 14.3 Å². The molecule has 0 spiro atoms. The number of carbonyl (C=O) groups excluding carboxylic acids is 1. The van der Waals surface area contributed by atoms with Crippen LogP contribution in [0.1, 0.15) is 90.9 Å². The maximum atomic E-state index is 12.0. The van der Waals surface area contributed by atoms with Gasteiger partial charge in [0.2, 0.25) is 0 Å². The summed E-state index contributed by atoms with van der Waals surface area (Å²) in [5, 5.41) is 0. The molecule has 0 N–H and O–H groups in total. The fourth-order valence-corrected chi connectivity index (χ4v) is 8.50. The molecule has 5 aliphatic rings. The van der Waals surface area contributed by atoms with Crippen molar-refractivity contribution < 1.29 is 14.3 Å². The summed E-state index contributed by atoms with van der Waals surface area (Å²) < 4.78 is 12.9. The molecule has 0 saturated heterocycles. The zero-order valence-electron chi connectivity index (χ0n) is 18.8. The zero-order chi connectivity index (χ0) is 20.3. The standard InChI is InChI=1S/C26H40O3/c1-24-15-11-19(27)17-18(24)7-8-20-21-9-10-23(25(21,2)16-12-22(20)24)29-26(28-3)13-5-4-6-14-26/h11,15,18,20-23H,4-10,12-14,16-17H2,1-3H3/t18-,20-,21+,22-,23-,24-,25+/m0/s1. The molecule has 7 atom stereocenters. The number of ether oxygens (including phenoxy) is 2. The van der Waals surface area contributed by atoms with Crippen molar-refractivity contribution in [3.63, 3.8) is 0 Å². The Morgan fingerprint density at radius 1 is 0.931 bits per heavy atom. The Labute approximate surface area is 177 Å². The fourth-order valence-electron chi connectivity index (χ4n) is 8.50. The third kappa shape index (κ3) is 3.09. The van der Waals surface area contributed by atoms with Crippen LogP contribution in [0.25, 0.3) is 0 Å². The Kier molecular flexibility index (Phi) is 5.02. The van der Waals surface area contributed by atoms with Gasteiger partial charge in [0.05, 0.1) is 6.10 Å². The van der Waals surface area contributed by atoms with Crippen LogP contribution in [0.15, 0.2) is 12.2 Å². The van der Waals surface area contributed by atoms with Gasteiger partial charge in [-0.05, 0) is 91.9 Å². The van der Waals surface area contributed by atoms with E-state index in [-0.39, 0.29) is 11.2 Å². The van der Waals surface area contributed by atoms with Crippen molar-refractivity contribution >= 4 is 5.78 Å². The van der Waals surface area contributed by atoms with Gasteiger partial charge in [-0.1, -0.05) is 26.3 Å². The minimum absolute atomic E-state index is 0.230. The molecule has 162 valence electrons. The Bertz CT molecular complexity index is 677. The lowest BCUT2D eigenvalue weighted by Gasteiger charge is -2.59. The van der Waals surface area contributed by atoms with Crippen LogP contribution in [0.2, 0.25) is 0 Å². The van der Waals surface area contributed by atoms with Gasteiger partial charge >= 0.3 is 0 Å². The molecule has 29 heavy (non-hydrogen) atoms. The minimum Gasteiger partial charge on any atom is -0.353 e. The van der Waals surface area contributed by atoms with Gasteiger partial charge in [-0.2, -0.15) is 0 Å². The van der Waals surface area contributed by atoms with E-state index in [1.165, 1.54) is 57.8 Å². The lowest BCUT2D eigenvalue weighted by molar-refractivity contribution is -0.280. The maximum absolute atomic E-state index is 12.0. The van der Waals surface area contributed by atoms with E-state index in [1.54, 1.807) is 0 Å². The van der Waals surface area contributed by atoms with E-state index in [4.69, 9.17) is 9.47 Å². The van der Waals surface area contributed by atoms with Crippen molar-refractivity contribution in [3.8, 4) is 0 Å². The maximum Gasteiger partial charge on any atom is 0.168 e. The molecule has 0 aromatic rings. The summed E-state index contributed by atoms with van der Waals surface area (Å²) in [5.41, 5.74) is 0.524. The molecule has 0 heterocycles. The molecule has 5 aliphatic carbocycles. The minimum atomic E-state index is -0.326. The number of ketones is 1. The number of rotatable bonds is 3. The zero-order valence-corrected chi connectivity index (χ0v) is 18.8. The second kappa shape index (κ2) is 7.19. The van der Waals surface area contributed by atoms with Crippen molar-refractivity contribution in [3.05, 3.63) is 12.2 Å². The average Bonchev–Trinajstić information content (AvgIpc) is 3.05. The summed E-state index contributed by atoms with van der Waals surface area (Å²) in [5.74, 6) is 2.90. The summed E-state index contributed by atoms with van der Waals surface area (Å²) in [6.45, 7) is 5.00. The van der Waals surface area contributed by atoms with Crippen LogP contribution in [0.3, 0.4) is 0 Å². The predicted molar refractivity (Wildman–Crippen MR) is 114 cm³/mol. The highest BCUT2D eigenvalue weighted by Gasteiger charge is 2.60. The molecule has 3 heteroatoms. The first-order chi connectivity index (χ1) is 13.9. The summed E-state index contributed by atoms with van der Waals surface area (Å²) in [6.07, 6.45) is 18.9. The highest BCUT2D eigenvalue weighted by Crippen LogP contribution is 2.66. The smallest absolute Gasteiger partial charge is 0.168 e. The van der Waals surface area contributed by atoms with Crippen LogP contribution < -0.4 is 0 Å². The molecule has 0 radical (unpaired) electrons. The molecule has 3 nitrogen and oxygen atoms in total. The normalized spacial score (nSPS) is 48.7. The molecule has 0 aliphatic heterocycles. The number of hydrogen-bond donors (Lipinski definition) is 0. The number of allylic oxidation sites excluding steroid dienone is 2. The van der Waals surface area contributed by atoms with Gasteiger partial charge in [0.15, 0.2) is 11.6 Å². The van der Waals surface area contributed by atoms with Gasteiger partial charge in [-0.25, -0.2) is 0 Å². The van der Waals surface area contributed by atoms with Gasteiger partial charge in [-0.15, -0.1) is 0 Å². The highest BCUT2D eigenvalue weighted by molar-refractivity contribution is 5.91. The van der Waals surface area contributed by atoms with Crippen molar-refractivity contribution in [1.29, 1.82) is 0 Å². The van der Waals surface area contributed by atoms with Gasteiger partial charge in [0.1, 0.15) is 0 Å². The topological polar surface area (TPSA) is 35.5 Å². The molecule has 0 unspecified atom stereocenters. The summed E-state index contributed by atoms with van der Waals surface area (Å²) in [4.78, 5) is 12.0. The van der Waals surface area contributed by atoms with E-state index in [0.29, 0.717) is 23.2 Å². The van der Waals surface area contributed by atoms with Gasteiger partial charge < -0.3 is 9.47 Å². The molecular weight excluding hydrogens is 360 g/mol. The van der Waals surface area contributed by atoms with Gasteiger partial charge in [0.25, 0.3) is 0 Å². The monoisotopic (exact) mass is 400 g/mol. The van der Waals surface area contributed by atoms with Crippen LogP contribution in [0, 0.1) is 34.5 Å². The second-order valence-electron chi connectivity index (χ2n) is 11.4. The molecule has 0 aromatic carbocycles.